The number of fused-ring (bicyclic) bond motifs is 3. The van der Waals surface area contributed by atoms with Crippen LogP contribution in [0.15, 0.2) is 140 Å². The van der Waals surface area contributed by atoms with E-state index in [1.165, 1.54) is 49.6 Å². The maximum Gasteiger partial charge on any atom is 0.0702 e. The second-order valence-corrected chi connectivity index (χ2v) is 9.80. The third-order valence-corrected chi connectivity index (χ3v) is 7.31. The number of nitrogens with zero attached hydrogens (tertiary/aromatic N) is 2. The lowest BCUT2D eigenvalue weighted by molar-refractivity contribution is 1.18. The van der Waals surface area contributed by atoms with E-state index >= 15 is 0 Å². The van der Waals surface area contributed by atoms with Crippen molar-refractivity contribution in [3.63, 3.8) is 0 Å². The summed E-state index contributed by atoms with van der Waals surface area (Å²) in [4.78, 5) is 4.61. The van der Waals surface area contributed by atoms with Crippen molar-refractivity contribution in [3.05, 3.63) is 145 Å². The molecular formula is C36H26N2. The Balaban J connectivity index is 1.43. The van der Waals surface area contributed by atoms with Crippen molar-refractivity contribution in [2.45, 2.75) is 6.92 Å². The molecule has 38 heavy (non-hydrogen) atoms. The zero-order valence-electron chi connectivity index (χ0n) is 21.2. The first kappa shape index (κ1) is 22.3. The van der Waals surface area contributed by atoms with Gasteiger partial charge in [0.2, 0.25) is 0 Å². The number of pyridine rings is 1. The molecule has 0 saturated carbocycles. The molecule has 0 bridgehead atoms. The van der Waals surface area contributed by atoms with E-state index in [9.17, 15) is 0 Å². The summed E-state index contributed by atoms with van der Waals surface area (Å²) in [6.07, 6.45) is 1.92. The van der Waals surface area contributed by atoms with Crippen LogP contribution in [0.1, 0.15) is 5.56 Å². The van der Waals surface area contributed by atoms with Gasteiger partial charge >= 0.3 is 0 Å². The van der Waals surface area contributed by atoms with Gasteiger partial charge in [-0.3, -0.25) is 4.98 Å². The Morgan fingerprint density at radius 3 is 1.50 bits per heavy atom. The second-order valence-electron chi connectivity index (χ2n) is 9.80. The van der Waals surface area contributed by atoms with Crippen LogP contribution in [0.25, 0.3) is 61.0 Å². The summed E-state index contributed by atoms with van der Waals surface area (Å²) >= 11 is 0. The molecule has 0 amide bonds. The van der Waals surface area contributed by atoms with Gasteiger partial charge in [0.15, 0.2) is 0 Å². The fraction of sp³-hybridized carbons (Fsp3) is 0.0278. The molecule has 0 saturated heterocycles. The van der Waals surface area contributed by atoms with E-state index < -0.39 is 0 Å². The molecule has 7 rings (SSSR count). The molecule has 2 heterocycles. The van der Waals surface area contributed by atoms with Gasteiger partial charge in [-0.1, -0.05) is 91.0 Å². The smallest absolute Gasteiger partial charge is 0.0702 e. The van der Waals surface area contributed by atoms with Crippen molar-refractivity contribution in [3.8, 4) is 39.2 Å². The number of aryl methyl sites for hydroxylation is 1. The van der Waals surface area contributed by atoms with E-state index in [-0.39, 0.29) is 0 Å². The monoisotopic (exact) mass is 486 g/mol. The number of hydrogen-bond acceptors (Lipinski definition) is 1. The molecule has 0 aliphatic heterocycles. The molecule has 180 valence electrons. The van der Waals surface area contributed by atoms with Gasteiger partial charge in [0, 0.05) is 28.2 Å². The van der Waals surface area contributed by atoms with Crippen molar-refractivity contribution in [2.24, 2.45) is 0 Å². The first-order valence-electron chi connectivity index (χ1n) is 13.0. The van der Waals surface area contributed by atoms with E-state index in [1.807, 2.05) is 6.20 Å². The minimum absolute atomic E-state index is 0.990. The van der Waals surface area contributed by atoms with Crippen LogP contribution < -0.4 is 0 Å². The van der Waals surface area contributed by atoms with Crippen molar-refractivity contribution < 1.29 is 0 Å². The highest BCUT2D eigenvalue weighted by atomic mass is 15.0. The normalized spacial score (nSPS) is 11.3. The lowest BCUT2D eigenvalue weighted by Gasteiger charge is -2.10. The van der Waals surface area contributed by atoms with Gasteiger partial charge in [-0.25, -0.2) is 0 Å². The summed E-state index contributed by atoms with van der Waals surface area (Å²) in [6.45, 7) is 2.06. The van der Waals surface area contributed by atoms with Crippen LogP contribution >= 0.6 is 0 Å². The molecule has 2 heteroatoms. The zero-order chi connectivity index (χ0) is 25.5. The molecule has 7 aromatic rings. The molecule has 0 aliphatic rings. The molecule has 0 radical (unpaired) electrons. The number of rotatable bonds is 4. The summed E-state index contributed by atoms with van der Waals surface area (Å²) in [5, 5.41) is 2.51. The van der Waals surface area contributed by atoms with Crippen molar-refractivity contribution in [2.75, 3.05) is 0 Å². The minimum Gasteiger partial charge on any atom is -0.309 e. The van der Waals surface area contributed by atoms with Crippen LogP contribution in [0.4, 0.5) is 0 Å². The van der Waals surface area contributed by atoms with Crippen LogP contribution in [-0.2, 0) is 0 Å². The average Bonchev–Trinajstić information content (AvgIpc) is 3.31. The summed E-state index contributed by atoms with van der Waals surface area (Å²) in [6, 6.07) is 47.8. The molecule has 5 aromatic carbocycles. The first-order valence-corrected chi connectivity index (χ1v) is 13.0. The average molecular weight is 487 g/mol. The summed E-state index contributed by atoms with van der Waals surface area (Å²) in [5.41, 5.74) is 11.7. The fourth-order valence-corrected chi connectivity index (χ4v) is 5.34. The predicted octanol–water partition coefficient (Wildman–Crippen LogP) is 9.49. The first-order chi connectivity index (χ1) is 18.7. The van der Waals surface area contributed by atoms with E-state index in [1.54, 1.807) is 0 Å². The molecule has 0 spiro atoms. The van der Waals surface area contributed by atoms with Crippen molar-refractivity contribution >= 4 is 21.8 Å². The number of benzene rings is 5. The molecule has 0 N–H and O–H groups in total. The molecular weight excluding hydrogens is 460 g/mol. The predicted molar refractivity (Wildman–Crippen MR) is 160 cm³/mol. The third-order valence-electron chi connectivity index (χ3n) is 7.31. The lowest BCUT2D eigenvalue weighted by Crippen LogP contribution is -1.94. The van der Waals surface area contributed by atoms with Crippen molar-refractivity contribution in [1.29, 1.82) is 0 Å². The van der Waals surface area contributed by atoms with E-state index in [0.717, 1.165) is 16.9 Å². The Bertz CT molecular complexity index is 1780. The Kier molecular flexibility index (Phi) is 5.37. The maximum atomic E-state index is 4.61. The van der Waals surface area contributed by atoms with Gasteiger partial charge in [0.05, 0.1) is 16.7 Å². The quantitative estimate of drug-likeness (QED) is 0.242. The van der Waals surface area contributed by atoms with Crippen molar-refractivity contribution in [1.82, 2.24) is 9.55 Å². The van der Waals surface area contributed by atoms with Crippen LogP contribution in [-0.4, -0.2) is 9.55 Å². The fourth-order valence-electron chi connectivity index (χ4n) is 5.34. The summed E-state index contributed by atoms with van der Waals surface area (Å²) < 4.78 is 2.38. The van der Waals surface area contributed by atoms with Gasteiger partial charge in [-0.2, -0.15) is 0 Å². The molecule has 2 nitrogen and oxygen atoms in total. The largest absolute Gasteiger partial charge is 0.309 e. The number of hydrogen-bond donors (Lipinski definition) is 0. The van der Waals surface area contributed by atoms with Crippen LogP contribution in [0.2, 0.25) is 0 Å². The van der Waals surface area contributed by atoms with Gasteiger partial charge in [-0.05, 0) is 77.2 Å². The Labute approximate surface area is 222 Å². The summed E-state index contributed by atoms with van der Waals surface area (Å²) in [5.74, 6) is 0. The highest BCUT2D eigenvalue weighted by Crippen LogP contribution is 2.37. The van der Waals surface area contributed by atoms with Crippen LogP contribution in [0, 0.1) is 6.92 Å². The van der Waals surface area contributed by atoms with E-state index in [2.05, 4.69) is 150 Å². The van der Waals surface area contributed by atoms with Gasteiger partial charge in [0.1, 0.15) is 0 Å². The van der Waals surface area contributed by atoms with E-state index in [0.29, 0.717) is 0 Å². The summed E-state index contributed by atoms with van der Waals surface area (Å²) in [7, 11) is 0. The Morgan fingerprint density at radius 2 is 1.00 bits per heavy atom. The van der Waals surface area contributed by atoms with Gasteiger partial charge in [-0.15, -0.1) is 0 Å². The van der Waals surface area contributed by atoms with Crippen LogP contribution in [0.3, 0.4) is 0 Å². The number of aromatic nitrogens is 2. The third kappa shape index (κ3) is 3.88. The highest BCUT2D eigenvalue weighted by molar-refractivity contribution is 6.11. The maximum absolute atomic E-state index is 4.61. The highest BCUT2D eigenvalue weighted by Gasteiger charge is 2.15. The Hall–Kier alpha value is -4.95. The van der Waals surface area contributed by atoms with E-state index in [4.69, 9.17) is 0 Å². The standard InChI is InChI=1S/C36H26N2/c1-25-12-19-34(37-24-25)28-13-17-31(18-14-28)38-35-20-15-29(26-8-4-2-5-9-26)22-32(35)33-23-30(16-21-36(33)38)27-10-6-3-7-11-27/h2-24H,1H3. The SMILES string of the molecule is Cc1ccc(-c2ccc(-n3c4ccc(-c5ccccc5)cc4c4cc(-c5ccccc5)ccc43)cc2)nc1. The topological polar surface area (TPSA) is 17.8 Å². The Morgan fingerprint density at radius 1 is 0.474 bits per heavy atom. The van der Waals surface area contributed by atoms with Crippen LogP contribution in [0.5, 0.6) is 0 Å². The van der Waals surface area contributed by atoms with Gasteiger partial charge < -0.3 is 4.57 Å². The zero-order valence-corrected chi connectivity index (χ0v) is 21.2. The second kappa shape index (κ2) is 9.17. The molecule has 2 aromatic heterocycles. The van der Waals surface area contributed by atoms with Gasteiger partial charge in [0.25, 0.3) is 0 Å². The minimum atomic E-state index is 0.990. The molecule has 0 unspecified atom stereocenters. The molecule has 0 atom stereocenters. The molecule has 0 fully saturated rings. The lowest BCUT2D eigenvalue weighted by atomic mass is 10.0. The molecule has 0 aliphatic carbocycles.